The molecule has 4 rings (SSSR count). The Morgan fingerprint density at radius 3 is 2.83 bits per heavy atom. The molecule has 29 heavy (non-hydrogen) atoms. The number of H-pyrrole nitrogens is 1. The molecule has 0 aliphatic heterocycles. The summed E-state index contributed by atoms with van der Waals surface area (Å²) in [6.45, 7) is 2.53. The number of halogens is 1. The Hall–Kier alpha value is -2.99. The fourth-order valence-electron chi connectivity index (χ4n) is 3.24. The van der Waals surface area contributed by atoms with Gasteiger partial charge in [-0.2, -0.15) is 0 Å². The first-order valence-electron chi connectivity index (χ1n) is 9.56. The highest BCUT2D eigenvalue weighted by Gasteiger charge is 2.22. The number of amides is 1. The quantitative estimate of drug-likeness (QED) is 0.541. The zero-order valence-corrected chi connectivity index (χ0v) is 16.8. The molecule has 0 spiro atoms. The van der Waals surface area contributed by atoms with Crippen LogP contribution in [0.25, 0.3) is 10.9 Å². The van der Waals surface area contributed by atoms with E-state index in [-0.39, 0.29) is 11.6 Å². The van der Waals surface area contributed by atoms with Crippen molar-refractivity contribution in [2.75, 3.05) is 11.9 Å². The zero-order chi connectivity index (χ0) is 20.5. The molecule has 0 unspecified atom stereocenters. The number of hydrogen-bond donors (Lipinski definition) is 3. The number of nitrogens with two attached hydrogens (primary N) is 1. The van der Waals surface area contributed by atoms with Gasteiger partial charge < -0.3 is 20.8 Å². The molecule has 7 heteroatoms. The highest BCUT2D eigenvalue weighted by Crippen LogP contribution is 2.34. The van der Waals surface area contributed by atoms with Crippen LogP contribution in [0.4, 0.5) is 5.69 Å². The molecule has 6 nitrogen and oxygen atoms in total. The lowest BCUT2D eigenvalue weighted by Crippen LogP contribution is -2.19. The van der Waals surface area contributed by atoms with Crippen molar-refractivity contribution in [3.8, 4) is 5.75 Å². The Morgan fingerprint density at radius 2 is 2.10 bits per heavy atom. The van der Waals surface area contributed by atoms with Crippen molar-refractivity contribution in [1.29, 1.82) is 0 Å². The summed E-state index contributed by atoms with van der Waals surface area (Å²) in [7, 11) is 0. The first kappa shape index (κ1) is 19.3. The van der Waals surface area contributed by atoms with E-state index >= 15 is 0 Å². The fraction of sp³-hybridized carbons (Fsp3) is 0.273. The van der Waals surface area contributed by atoms with Gasteiger partial charge in [0, 0.05) is 28.3 Å². The largest absolute Gasteiger partial charge is 0.492 e. The highest BCUT2D eigenvalue weighted by atomic mass is 35.5. The van der Waals surface area contributed by atoms with E-state index in [4.69, 9.17) is 22.1 Å². The smallest absolute Gasteiger partial charge is 0.253 e. The Balaban J connectivity index is 1.60. The molecule has 150 valence electrons. The lowest BCUT2D eigenvalue weighted by atomic mass is 10.1. The number of anilines is 1. The molecule has 1 aliphatic rings. The van der Waals surface area contributed by atoms with Crippen molar-refractivity contribution in [1.82, 2.24) is 4.98 Å². The molecule has 0 radical (unpaired) electrons. The van der Waals surface area contributed by atoms with Gasteiger partial charge >= 0.3 is 0 Å². The Morgan fingerprint density at radius 1 is 1.31 bits per heavy atom. The molecule has 1 fully saturated rings. The second-order valence-corrected chi connectivity index (χ2v) is 7.90. The van der Waals surface area contributed by atoms with Gasteiger partial charge in [-0.3, -0.25) is 9.59 Å². The van der Waals surface area contributed by atoms with Crippen LogP contribution in [0.1, 0.15) is 41.7 Å². The molecule has 1 saturated carbocycles. The average molecular weight is 412 g/mol. The lowest BCUT2D eigenvalue weighted by molar-refractivity contribution is 0.100. The lowest BCUT2D eigenvalue weighted by Gasteiger charge is -2.16. The normalized spacial score (nSPS) is 14.6. The molecular formula is C22H22ClN3O3. The summed E-state index contributed by atoms with van der Waals surface area (Å²) in [6.07, 6.45) is 2.39. The third kappa shape index (κ3) is 4.38. The van der Waals surface area contributed by atoms with Crippen molar-refractivity contribution < 1.29 is 9.53 Å². The third-order valence-electron chi connectivity index (χ3n) is 5.09. The minimum absolute atomic E-state index is 0.195. The number of carbonyl (C=O) groups excluding carboxylic acids is 1. The second kappa shape index (κ2) is 7.79. The number of primary amides is 1. The molecule has 1 aliphatic carbocycles. The van der Waals surface area contributed by atoms with Gasteiger partial charge in [0.1, 0.15) is 5.75 Å². The predicted octanol–water partition coefficient (Wildman–Crippen LogP) is 4.24. The van der Waals surface area contributed by atoms with Crippen LogP contribution in [0.15, 0.2) is 47.3 Å². The van der Waals surface area contributed by atoms with Crippen LogP contribution in [0.5, 0.6) is 5.75 Å². The molecule has 0 bridgehead atoms. The van der Waals surface area contributed by atoms with Gasteiger partial charge in [-0.25, -0.2) is 0 Å². The van der Waals surface area contributed by atoms with E-state index in [1.54, 1.807) is 30.3 Å². The van der Waals surface area contributed by atoms with E-state index in [1.165, 1.54) is 12.8 Å². The monoisotopic (exact) mass is 411 g/mol. The van der Waals surface area contributed by atoms with Gasteiger partial charge in [0.15, 0.2) is 0 Å². The summed E-state index contributed by atoms with van der Waals surface area (Å²) < 4.78 is 5.79. The molecule has 1 amide bonds. The van der Waals surface area contributed by atoms with Gasteiger partial charge in [0.25, 0.3) is 5.56 Å². The van der Waals surface area contributed by atoms with Crippen molar-refractivity contribution >= 4 is 34.1 Å². The summed E-state index contributed by atoms with van der Waals surface area (Å²) in [4.78, 5) is 27.0. The van der Waals surface area contributed by atoms with Gasteiger partial charge in [-0.1, -0.05) is 17.7 Å². The first-order chi connectivity index (χ1) is 13.9. The minimum atomic E-state index is -0.501. The number of hydrogen-bond acceptors (Lipinski definition) is 4. The van der Waals surface area contributed by atoms with E-state index in [0.29, 0.717) is 45.6 Å². The van der Waals surface area contributed by atoms with Crippen LogP contribution in [-0.4, -0.2) is 17.5 Å². The zero-order valence-electron chi connectivity index (χ0n) is 16.0. The average Bonchev–Trinajstić information content (AvgIpc) is 3.51. The number of nitrogens with one attached hydrogen (secondary N) is 2. The van der Waals surface area contributed by atoms with Gasteiger partial charge in [-0.15, -0.1) is 0 Å². The van der Waals surface area contributed by atoms with Gasteiger partial charge in [-0.05, 0) is 56.0 Å². The first-order valence-corrected chi connectivity index (χ1v) is 9.94. The van der Waals surface area contributed by atoms with Crippen LogP contribution in [-0.2, 0) is 0 Å². The minimum Gasteiger partial charge on any atom is -0.492 e. The molecule has 1 atom stereocenters. The summed E-state index contributed by atoms with van der Waals surface area (Å²) in [6, 6.07) is 12.0. The highest BCUT2D eigenvalue weighted by molar-refractivity contribution is 6.32. The summed E-state index contributed by atoms with van der Waals surface area (Å²) in [5.74, 6) is 0.700. The van der Waals surface area contributed by atoms with Crippen molar-refractivity contribution in [3.05, 3.63) is 69.0 Å². The third-order valence-corrected chi connectivity index (χ3v) is 5.39. The number of benzene rings is 2. The molecule has 0 saturated heterocycles. The maximum Gasteiger partial charge on any atom is 0.253 e. The number of ether oxygens (including phenoxy) is 1. The molecule has 1 heterocycles. The number of carbonyl (C=O) groups is 1. The Bertz CT molecular complexity index is 1140. The van der Waals surface area contributed by atoms with Crippen LogP contribution < -0.4 is 21.3 Å². The van der Waals surface area contributed by atoms with E-state index in [9.17, 15) is 9.59 Å². The topological polar surface area (TPSA) is 97.2 Å². The van der Waals surface area contributed by atoms with Crippen molar-refractivity contribution in [2.24, 2.45) is 11.7 Å². The van der Waals surface area contributed by atoms with E-state index in [0.717, 1.165) is 5.39 Å². The number of rotatable bonds is 7. The van der Waals surface area contributed by atoms with Gasteiger partial charge in [0.05, 0.1) is 23.2 Å². The van der Waals surface area contributed by atoms with E-state index in [1.807, 2.05) is 19.1 Å². The Labute approximate surface area is 173 Å². The second-order valence-electron chi connectivity index (χ2n) is 7.49. The SMILES string of the molecule is C[C@H](Nc1cccc(C(N)=O)c1)c1cc2cc(Cl)c(OCC3CC3)cc2[nH]c1=O. The number of pyridine rings is 1. The van der Waals surface area contributed by atoms with Crippen LogP contribution in [0, 0.1) is 5.92 Å². The number of fused-ring (bicyclic) bond motifs is 1. The number of aromatic amines is 1. The maximum atomic E-state index is 12.7. The molecule has 4 N–H and O–H groups in total. The van der Waals surface area contributed by atoms with Gasteiger partial charge in [0.2, 0.25) is 5.91 Å². The molecule has 2 aromatic carbocycles. The summed E-state index contributed by atoms with van der Waals surface area (Å²) in [5.41, 5.74) is 7.48. The summed E-state index contributed by atoms with van der Waals surface area (Å²) in [5, 5.41) is 4.58. The Kier molecular flexibility index (Phi) is 5.20. The molecule has 3 aromatic rings. The van der Waals surface area contributed by atoms with Crippen LogP contribution >= 0.6 is 11.6 Å². The summed E-state index contributed by atoms with van der Waals surface area (Å²) >= 11 is 6.38. The molecular weight excluding hydrogens is 390 g/mol. The van der Waals surface area contributed by atoms with E-state index in [2.05, 4.69) is 10.3 Å². The van der Waals surface area contributed by atoms with Crippen molar-refractivity contribution in [3.63, 3.8) is 0 Å². The standard InChI is InChI=1S/C22H22ClN3O3/c1-12(25-16-4-2-3-14(7-16)21(24)27)17-8-15-9-18(23)20(29-11-13-5-6-13)10-19(15)26-22(17)28/h2-4,7-10,12-13,25H,5-6,11H2,1H3,(H2,24,27)(H,26,28)/t12-/m0/s1. The maximum absolute atomic E-state index is 12.7. The predicted molar refractivity (Wildman–Crippen MR) is 115 cm³/mol. The fourth-order valence-corrected chi connectivity index (χ4v) is 3.47. The van der Waals surface area contributed by atoms with E-state index < -0.39 is 5.91 Å². The van der Waals surface area contributed by atoms with Crippen LogP contribution in [0.3, 0.4) is 0 Å². The van der Waals surface area contributed by atoms with Crippen LogP contribution in [0.2, 0.25) is 5.02 Å². The molecule has 1 aromatic heterocycles. The number of aromatic nitrogens is 1. The van der Waals surface area contributed by atoms with Crippen molar-refractivity contribution in [2.45, 2.75) is 25.8 Å².